The Morgan fingerprint density at radius 2 is 2.21 bits per heavy atom. The number of carbonyl (C=O) groups excluding carboxylic acids is 1. The molecule has 2 aliphatic rings. The fraction of sp³-hybridized carbons (Fsp3) is 0.600. The Labute approximate surface area is 114 Å². The van der Waals surface area contributed by atoms with Gasteiger partial charge in [-0.05, 0) is 38.2 Å². The third-order valence-corrected chi connectivity index (χ3v) is 4.23. The lowest BCUT2D eigenvalue weighted by atomic mass is 9.92. The molecule has 1 aliphatic heterocycles. The van der Waals surface area contributed by atoms with E-state index in [-0.39, 0.29) is 5.92 Å². The molecule has 0 N–H and O–H groups in total. The highest BCUT2D eigenvalue weighted by Crippen LogP contribution is 2.25. The number of aromatic nitrogens is 2. The molecule has 1 fully saturated rings. The third kappa shape index (κ3) is 2.72. The number of allylic oxidation sites excluding steroid dienone is 2. The maximum Gasteiger partial charge on any atom is 0.226 e. The van der Waals surface area contributed by atoms with E-state index in [2.05, 4.69) is 22.2 Å². The predicted octanol–water partition coefficient (Wildman–Crippen LogP) is 2.40. The molecule has 2 atom stereocenters. The molecular weight excluding hydrogens is 238 g/mol. The van der Waals surface area contributed by atoms with Crippen molar-refractivity contribution in [2.24, 2.45) is 5.92 Å². The second kappa shape index (κ2) is 5.59. The maximum absolute atomic E-state index is 12.5. The molecule has 1 aromatic heterocycles. The van der Waals surface area contributed by atoms with Crippen molar-refractivity contribution < 1.29 is 4.79 Å². The van der Waals surface area contributed by atoms with Crippen molar-refractivity contribution in [2.75, 3.05) is 13.1 Å². The third-order valence-electron chi connectivity index (χ3n) is 4.23. The Morgan fingerprint density at radius 1 is 1.26 bits per heavy atom. The first-order valence-electron chi connectivity index (χ1n) is 7.27. The van der Waals surface area contributed by atoms with Crippen molar-refractivity contribution in [3.05, 3.63) is 30.6 Å². The Bertz CT molecular complexity index is 452. The van der Waals surface area contributed by atoms with Crippen molar-refractivity contribution >= 4 is 5.91 Å². The zero-order chi connectivity index (χ0) is 13.1. The van der Waals surface area contributed by atoms with Crippen LogP contribution in [0.4, 0.5) is 0 Å². The molecule has 0 spiro atoms. The Kier molecular flexibility index (Phi) is 3.67. The molecular formula is C15H21N3O. The summed E-state index contributed by atoms with van der Waals surface area (Å²) in [5.41, 5.74) is 0. The lowest BCUT2D eigenvalue weighted by Gasteiger charge is -2.35. The summed E-state index contributed by atoms with van der Waals surface area (Å²) in [6.45, 7) is 1.73. The minimum absolute atomic E-state index is 0.210. The van der Waals surface area contributed by atoms with Gasteiger partial charge in [-0.25, -0.2) is 0 Å². The lowest BCUT2D eigenvalue weighted by molar-refractivity contribution is -0.137. The first-order valence-corrected chi connectivity index (χ1v) is 7.27. The van der Waals surface area contributed by atoms with E-state index in [0.29, 0.717) is 11.9 Å². The van der Waals surface area contributed by atoms with E-state index in [0.717, 1.165) is 45.2 Å². The van der Waals surface area contributed by atoms with Crippen LogP contribution in [0, 0.1) is 5.92 Å². The number of amides is 1. The van der Waals surface area contributed by atoms with Gasteiger partial charge in [0.25, 0.3) is 0 Å². The van der Waals surface area contributed by atoms with Crippen LogP contribution in [0.3, 0.4) is 0 Å². The first-order chi connectivity index (χ1) is 9.34. The zero-order valence-corrected chi connectivity index (χ0v) is 11.2. The second-order valence-electron chi connectivity index (χ2n) is 5.55. The summed E-state index contributed by atoms with van der Waals surface area (Å²) >= 11 is 0. The molecule has 4 nitrogen and oxygen atoms in total. The van der Waals surface area contributed by atoms with Crippen molar-refractivity contribution in [3.63, 3.8) is 0 Å². The van der Waals surface area contributed by atoms with Crippen LogP contribution in [0.25, 0.3) is 0 Å². The van der Waals surface area contributed by atoms with Crippen LogP contribution in [0.5, 0.6) is 0 Å². The molecule has 0 bridgehead atoms. The fourth-order valence-electron chi connectivity index (χ4n) is 3.14. The molecule has 0 saturated carbocycles. The quantitative estimate of drug-likeness (QED) is 0.765. The van der Waals surface area contributed by atoms with Crippen molar-refractivity contribution in [1.29, 1.82) is 0 Å². The molecule has 1 saturated heterocycles. The Balaban J connectivity index is 1.64. The van der Waals surface area contributed by atoms with Gasteiger partial charge in [0.1, 0.15) is 0 Å². The number of nitrogens with zero attached hydrogens (tertiary/aromatic N) is 3. The molecule has 0 unspecified atom stereocenters. The monoisotopic (exact) mass is 259 g/mol. The van der Waals surface area contributed by atoms with Gasteiger partial charge in [0.2, 0.25) is 5.91 Å². The second-order valence-corrected chi connectivity index (χ2v) is 5.55. The van der Waals surface area contributed by atoms with Gasteiger partial charge in [-0.15, -0.1) is 0 Å². The first kappa shape index (κ1) is 12.5. The number of piperidine rings is 1. The summed E-state index contributed by atoms with van der Waals surface area (Å²) in [6, 6.07) is 2.30. The van der Waals surface area contributed by atoms with E-state index >= 15 is 0 Å². The molecule has 1 aliphatic carbocycles. The average Bonchev–Trinajstić information content (AvgIpc) is 3.02. The van der Waals surface area contributed by atoms with Gasteiger partial charge < -0.3 is 4.90 Å². The van der Waals surface area contributed by atoms with Crippen molar-refractivity contribution in [1.82, 2.24) is 14.7 Å². The van der Waals surface area contributed by atoms with E-state index in [1.54, 1.807) is 0 Å². The lowest BCUT2D eigenvalue weighted by Crippen LogP contribution is -2.43. The van der Waals surface area contributed by atoms with Crippen LogP contribution in [0.2, 0.25) is 0 Å². The number of hydrogen-bond acceptors (Lipinski definition) is 2. The molecule has 0 radical (unpaired) electrons. The minimum atomic E-state index is 0.210. The van der Waals surface area contributed by atoms with Crippen molar-refractivity contribution in [3.8, 4) is 0 Å². The molecule has 19 heavy (non-hydrogen) atoms. The Hall–Kier alpha value is -1.58. The number of rotatable bonds is 2. The zero-order valence-electron chi connectivity index (χ0n) is 11.2. The van der Waals surface area contributed by atoms with Gasteiger partial charge in [-0.1, -0.05) is 12.2 Å². The highest BCUT2D eigenvalue weighted by atomic mass is 16.2. The van der Waals surface area contributed by atoms with E-state index in [4.69, 9.17) is 0 Å². The fourth-order valence-corrected chi connectivity index (χ4v) is 3.14. The summed E-state index contributed by atoms with van der Waals surface area (Å²) < 4.78 is 2.00. The molecule has 2 heterocycles. The van der Waals surface area contributed by atoms with Gasteiger partial charge in [0, 0.05) is 31.4 Å². The van der Waals surface area contributed by atoms with Crippen molar-refractivity contribution in [2.45, 2.75) is 38.1 Å². The van der Waals surface area contributed by atoms with Crippen LogP contribution in [-0.4, -0.2) is 33.7 Å². The van der Waals surface area contributed by atoms with E-state index in [9.17, 15) is 4.79 Å². The summed E-state index contributed by atoms with van der Waals surface area (Å²) in [6.07, 6.45) is 13.3. The van der Waals surface area contributed by atoms with E-state index < -0.39 is 0 Å². The normalized spacial score (nSPS) is 27.5. The van der Waals surface area contributed by atoms with Crippen LogP contribution in [-0.2, 0) is 4.79 Å². The number of carbonyl (C=O) groups is 1. The largest absolute Gasteiger partial charge is 0.340 e. The number of likely N-dealkylation sites (tertiary alicyclic amines) is 1. The topological polar surface area (TPSA) is 38.1 Å². The van der Waals surface area contributed by atoms with Gasteiger partial charge in [-0.3, -0.25) is 9.48 Å². The molecule has 1 amide bonds. The smallest absolute Gasteiger partial charge is 0.226 e. The maximum atomic E-state index is 12.5. The van der Waals surface area contributed by atoms with Crippen LogP contribution < -0.4 is 0 Å². The minimum Gasteiger partial charge on any atom is -0.340 e. The van der Waals surface area contributed by atoms with Crippen LogP contribution in [0.15, 0.2) is 30.6 Å². The van der Waals surface area contributed by atoms with Gasteiger partial charge >= 0.3 is 0 Å². The van der Waals surface area contributed by atoms with Gasteiger partial charge in [0.05, 0.1) is 6.04 Å². The van der Waals surface area contributed by atoms with Gasteiger partial charge in [0.15, 0.2) is 0 Å². The summed E-state index contributed by atoms with van der Waals surface area (Å²) in [7, 11) is 0. The predicted molar refractivity (Wildman–Crippen MR) is 73.6 cm³/mol. The number of hydrogen-bond donors (Lipinski definition) is 0. The highest BCUT2D eigenvalue weighted by Gasteiger charge is 2.29. The highest BCUT2D eigenvalue weighted by molar-refractivity contribution is 5.79. The molecule has 0 aromatic carbocycles. The summed E-state index contributed by atoms with van der Waals surface area (Å²) in [4.78, 5) is 14.6. The van der Waals surface area contributed by atoms with Crippen LogP contribution >= 0.6 is 0 Å². The summed E-state index contributed by atoms with van der Waals surface area (Å²) in [5.74, 6) is 0.558. The Morgan fingerprint density at radius 3 is 2.95 bits per heavy atom. The molecule has 1 aromatic rings. The van der Waals surface area contributed by atoms with Gasteiger partial charge in [-0.2, -0.15) is 5.10 Å². The molecule has 102 valence electrons. The standard InChI is InChI=1S/C15H21N3O/c19-15(13-6-2-1-3-7-13)17-10-4-8-14(12-17)18-11-5-9-16-18/h1-2,5,9,11,13-14H,3-4,6-8,10,12H2/t13-,14-/m1/s1. The molecule has 3 rings (SSSR count). The van der Waals surface area contributed by atoms with E-state index in [1.807, 2.05) is 23.1 Å². The molecule has 4 heteroatoms. The average molecular weight is 259 g/mol. The van der Waals surface area contributed by atoms with Crippen LogP contribution in [0.1, 0.15) is 38.1 Å². The SMILES string of the molecule is O=C([C@@H]1CC=CCC1)N1CCC[C@@H](n2cccn2)C1. The van der Waals surface area contributed by atoms with E-state index in [1.165, 1.54) is 0 Å². The summed E-state index contributed by atoms with van der Waals surface area (Å²) in [5, 5.41) is 4.31.